The molecule has 0 aromatic heterocycles. The molecule has 1 fully saturated rings. The van der Waals surface area contributed by atoms with Gasteiger partial charge in [0, 0.05) is 50.3 Å². The molecule has 206 valence electrons. The molecule has 0 radical (unpaired) electrons. The van der Waals surface area contributed by atoms with Gasteiger partial charge in [0.15, 0.2) is 0 Å². The Morgan fingerprint density at radius 3 is 2.64 bits per heavy atom. The largest absolute Gasteiger partial charge is 0.431 e. The van der Waals surface area contributed by atoms with Crippen molar-refractivity contribution in [3.8, 4) is 16.9 Å². The van der Waals surface area contributed by atoms with Crippen molar-refractivity contribution in [1.82, 2.24) is 0 Å². The van der Waals surface area contributed by atoms with E-state index in [9.17, 15) is 13.6 Å². The number of hydrogen-bond acceptors (Lipinski definition) is 5. The maximum absolute atomic E-state index is 13.7. The number of nitrogens with one attached hydrogen (secondary N) is 2. The molecule has 2 aliphatic rings. The van der Waals surface area contributed by atoms with Crippen LogP contribution in [0.5, 0.6) is 5.75 Å². The van der Waals surface area contributed by atoms with Gasteiger partial charge in [0.2, 0.25) is 5.91 Å². The lowest BCUT2D eigenvalue weighted by Crippen LogP contribution is -2.43. The fraction of sp³-hybridized carbons (Fsp3) is 0.387. The third-order valence-electron chi connectivity index (χ3n) is 7.34. The summed E-state index contributed by atoms with van der Waals surface area (Å²) in [5.41, 5.74) is 5.32. The van der Waals surface area contributed by atoms with E-state index in [-0.39, 0.29) is 23.7 Å². The number of nitrogens with zero attached hydrogens (tertiary/aromatic N) is 1. The zero-order valence-corrected chi connectivity index (χ0v) is 22.5. The maximum atomic E-state index is 13.7. The Balaban J connectivity index is 1.47. The molecule has 3 aromatic rings. The smallest absolute Gasteiger partial charge is 0.394 e. The van der Waals surface area contributed by atoms with Gasteiger partial charge in [0.25, 0.3) is 0 Å². The van der Waals surface area contributed by atoms with Crippen molar-refractivity contribution in [2.24, 2.45) is 5.92 Å². The van der Waals surface area contributed by atoms with Crippen molar-refractivity contribution >= 4 is 23.0 Å². The number of para-hydroxylation sites is 2. The predicted molar refractivity (Wildman–Crippen MR) is 151 cm³/mol. The molecule has 3 aromatic carbocycles. The van der Waals surface area contributed by atoms with Crippen LogP contribution in [-0.4, -0.2) is 37.8 Å². The lowest BCUT2D eigenvalue weighted by molar-refractivity contribution is -0.158. The van der Waals surface area contributed by atoms with Gasteiger partial charge in [0.05, 0.1) is 18.3 Å². The maximum Gasteiger partial charge on any atom is 0.394 e. The summed E-state index contributed by atoms with van der Waals surface area (Å²) in [7, 11) is 0. The van der Waals surface area contributed by atoms with E-state index >= 15 is 0 Å². The Bertz CT molecular complexity index is 1320. The fourth-order valence-electron chi connectivity index (χ4n) is 5.53. The van der Waals surface area contributed by atoms with Crippen LogP contribution in [0.3, 0.4) is 0 Å². The minimum atomic E-state index is -3.31. The first-order valence-corrected chi connectivity index (χ1v) is 13.5. The SMILES string of the molecule is CC(=O)N1c2ccc(-c3cccc(NCC4CCOC4)c3)cc2[C@H](Nc2ccccc2OC(C)(F)F)C[C@@H]1C. The first kappa shape index (κ1) is 26.9. The van der Waals surface area contributed by atoms with Gasteiger partial charge in [-0.25, -0.2) is 0 Å². The summed E-state index contributed by atoms with van der Waals surface area (Å²) in [6.45, 7) is 6.77. The number of alkyl halides is 2. The number of carbonyl (C=O) groups excluding carboxylic acids is 1. The van der Waals surface area contributed by atoms with Crippen LogP contribution >= 0.6 is 0 Å². The second kappa shape index (κ2) is 11.2. The first-order valence-electron chi connectivity index (χ1n) is 13.5. The predicted octanol–water partition coefficient (Wildman–Crippen LogP) is 7.09. The Morgan fingerprint density at radius 1 is 1.10 bits per heavy atom. The summed E-state index contributed by atoms with van der Waals surface area (Å²) >= 11 is 0. The van der Waals surface area contributed by atoms with E-state index in [1.807, 2.05) is 30.0 Å². The molecular weight excluding hydrogens is 500 g/mol. The van der Waals surface area contributed by atoms with E-state index in [0.717, 1.165) is 61.2 Å². The Labute approximate surface area is 228 Å². The molecule has 1 saturated heterocycles. The molecule has 6 nitrogen and oxygen atoms in total. The molecule has 2 N–H and O–H groups in total. The van der Waals surface area contributed by atoms with Crippen molar-refractivity contribution in [2.45, 2.75) is 51.8 Å². The number of amides is 1. The van der Waals surface area contributed by atoms with Crippen LogP contribution < -0.4 is 20.3 Å². The van der Waals surface area contributed by atoms with E-state index in [1.54, 1.807) is 25.1 Å². The summed E-state index contributed by atoms with van der Waals surface area (Å²) < 4.78 is 37.9. The second-order valence-corrected chi connectivity index (χ2v) is 10.5. The summed E-state index contributed by atoms with van der Waals surface area (Å²) in [6, 6.07) is 20.8. The third-order valence-corrected chi connectivity index (χ3v) is 7.34. The van der Waals surface area contributed by atoms with Gasteiger partial charge in [-0.2, -0.15) is 8.78 Å². The number of halogens is 2. The van der Waals surface area contributed by atoms with Crippen LogP contribution in [0.1, 0.15) is 45.2 Å². The summed E-state index contributed by atoms with van der Waals surface area (Å²) in [5.74, 6) is 0.561. The molecule has 1 amide bonds. The van der Waals surface area contributed by atoms with Crippen LogP contribution in [0.2, 0.25) is 0 Å². The van der Waals surface area contributed by atoms with Crippen molar-refractivity contribution < 1.29 is 23.0 Å². The quantitative estimate of drug-likeness (QED) is 0.322. The van der Waals surface area contributed by atoms with Gasteiger partial charge < -0.3 is 25.0 Å². The summed E-state index contributed by atoms with van der Waals surface area (Å²) in [5, 5.41) is 6.97. The lowest BCUT2D eigenvalue weighted by Gasteiger charge is -2.40. The van der Waals surface area contributed by atoms with Gasteiger partial charge in [0.1, 0.15) is 5.75 Å². The molecule has 2 aliphatic heterocycles. The molecular formula is C31H35F2N3O3. The highest BCUT2D eigenvalue weighted by Gasteiger charge is 2.33. The van der Waals surface area contributed by atoms with Crippen LogP contribution in [0.15, 0.2) is 66.7 Å². The molecule has 0 spiro atoms. The minimum absolute atomic E-state index is 0.0357. The third kappa shape index (κ3) is 6.33. The average molecular weight is 536 g/mol. The summed E-state index contributed by atoms with van der Waals surface area (Å²) in [6.07, 6.45) is -1.63. The normalized spacial score (nSPS) is 20.8. The second-order valence-electron chi connectivity index (χ2n) is 10.5. The summed E-state index contributed by atoms with van der Waals surface area (Å²) in [4.78, 5) is 14.4. The zero-order valence-electron chi connectivity index (χ0n) is 22.5. The van der Waals surface area contributed by atoms with Gasteiger partial charge >= 0.3 is 6.11 Å². The number of rotatable bonds is 8. The van der Waals surface area contributed by atoms with Gasteiger partial charge in [-0.15, -0.1) is 0 Å². The van der Waals surface area contributed by atoms with Crippen molar-refractivity contribution in [3.63, 3.8) is 0 Å². The lowest BCUT2D eigenvalue weighted by atomic mass is 9.88. The number of fused-ring (bicyclic) bond motifs is 1. The van der Waals surface area contributed by atoms with E-state index in [2.05, 4.69) is 34.9 Å². The first-order chi connectivity index (χ1) is 18.7. The van der Waals surface area contributed by atoms with Crippen LogP contribution in [-0.2, 0) is 9.53 Å². The van der Waals surface area contributed by atoms with Crippen LogP contribution in [0.25, 0.3) is 11.1 Å². The molecule has 3 atom stereocenters. The van der Waals surface area contributed by atoms with Gasteiger partial charge in [-0.05, 0) is 72.9 Å². The highest BCUT2D eigenvalue weighted by Crippen LogP contribution is 2.43. The van der Waals surface area contributed by atoms with E-state index in [1.165, 1.54) is 6.07 Å². The molecule has 0 bridgehead atoms. The highest BCUT2D eigenvalue weighted by molar-refractivity contribution is 5.94. The molecule has 2 heterocycles. The topological polar surface area (TPSA) is 62.8 Å². The number of hydrogen-bond donors (Lipinski definition) is 2. The molecule has 8 heteroatoms. The molecule has 0 aliphatic carbocycles. The zero-order chi connectivity index (χ0) is 27.6. The van der Waals surface area contributed by atoms with Crippen LogP contribution in [0.4, 0.5) is 25.8 Å². The molecule has 0 saturated carbocycles. The van der Waals surface area contributed by atoms with E-state index in [4.69, 9.17) is 9.47 Å². The van der Waals surface area contributed by atoms with Crippen LogP contribution in [0, 0.1) is 5.92 Å². The van der Waals surface area contributed by atoms with E-state index in [0.29, 0.717) is 18.0 Å². The highest BCUT2D eigenvalue weighted by atomic mass is 19.3. The molecule has 39 heavy (non-hydrogen) atoms. The number of anilines is 3. The Morgan fingerprint density at radius 2 is 1.90 bits per heavy atom. The standard InChI is InChI=1S/C31H35F2N3O3/c1-20-15-28(35-27-9-4-5-10-30(27)39-31(3,32)33)26-17-24(11-12-29(26)36(20)21(2)37)23-7-6-8-25(16-23)34-18-22-13-14-38-19-22/h4-12,16-17,20,22,28,34-35H,13-15,18-19H2,1-3H3/t20-,22?,28+/m0/s1. The average Bonchev–Trinajstić information content (AvgIpc) is 3.41. The van der Waals surface area contributed by atoms with Gasteiger partial charge in [-0.3, -0.25) is 4.79 Å². The Hall–Kier alpha value is -3.65. The van der Waals surface area contributed by atoms with Crippen molar-refractivity contribution in [2.75, 3.05) is 35.3 Å². The van der Waals surface area contributed by atoms with Crippen molar-refractivity contribution in [3.05, 3.63) is 72.3 Å². The number of benzene rings is 3. The fourth-order valence-corrected chi connectivity index (χ4v) is 5.53. The minimum Gasteiger partial charge on any atom is -0.431 e. The van der Waals surface area contributed by atoms with E-state index < -0.39 is 6.11 Å². The molecule has 1 unspecified atom stereocenters. The Kier molecular flexibility index (Phi) is 7.75. The van der Waals surface area contributed by atoms with Crippen molar-refractivity contribution in [1.29, 1.82) is 0 Å². The number of ether oxygens (including phenoxy) is 2. The molecule has 5 rings (SSSR count). The monoisotopic (exact) mass is 535 g/mol. The number of carbonyl (C=O) groups is 1. The van der Waals surface area contributed by atoms with Gasteiger partial charge in [-0.1, -0.05) is 30.3 Å².